The minimum atomic E-state index is 0.801. The van der Waals surface area contributed by atoms with E-state index >= 15 is 0 Å². The number of thioether (sulfide) groups is 1. The van der Waals surface area contributed by atoms with Crippen LogP contribution in [0.15, 0.2) is 0 Å². The van der Waals surface area contributed by atoms with Crippen LogP contribution in [0.3, 0.4) is 0 Å². The van der Waals surface area contributed by atoms with Gasteiger partial charge in [0.15, 0.2) is 0 Å². The smallest absolute Gasteiger partial charge is 0.0217 e. The Hall–Kier alpha value is 0.310. The largest absolute Gasteiger partial charge is 0.313 e. The van der Waals surface area contributed by atoms with Crippen molar-refractivity contribution in [3.8, 4) is 0 Å². The number of nitrogens with one attached hydrogen (secondary N) is 1. The first-order chi connectivity index (χ1) is 9.36. The highest BCUT2D eigenvalue weighted by molar-refractivity contribution is 8.00. The maximum atomic E-state index is 3.95. The van der Waals surface area contributed by atoms with Crippen molar-refractivity contribution < 1.29 is 0 Å². The lowest BCUT2D eigenvalue weighted by Gasteiger charge is -2.42. The summed E-state index contributed by atoms with van der Waals surface area (Å²) < 4.78 is 0. The molecule has 2 heteroatoms. The van der Waals surface area contributed by atoms with Gasteiger partial charge in [0.25, 0.3) is 0 Å². The second-order valence-electron chi connectivity index (χ2n) is 6.50. The molecule has 112 valence electrons. The van der Waals surface area contributed by atoms with Gasteiger partial charge in [-0.2, -0.15) is 11.8 Å². The predicted octanol–water partition coefficient (Wildman–Crippen LogP) is 4.86. The van der Waals surface area contributed by atoms with E-state index in [1.54, 1.807) is 0 Å². The second-order valence-corrected chi connectivity index (χ2v) is 7.85. The average molecular weight is 284 g/mol. The van der Waals surface area contributed by atoms with Gasteiger partial charge in [0.05, 0.1) is 0 Å². The Balaban J connectivity index is 2.01. The van der Waals surface area contributed by atoms with E-state index in [0.717, 1.165) is 23.1 Å². The summed E-state index contributed by atoms with van der Waals surface area (Å²) in [7, 11) is 0. The van der Waals surface area contributed by atoms with Crippen molar-refractivity contribution in [1.29, 1.82) is 0 Å². The van der Waals surface area contributed by atoms with Gasteiger partial charge in [-0.3, -0.25) is 0 Å². The van der Waals surface area contributed by atoms with E-state index < -0.39 is 0 Å². The molecule has 0 spiro atoms. The number of hydrogen-bond acceptors (Lipinski definition) is 2. The zero-order chi connectivity index (χ0) is 13.5. The van der Waals surface area contributed by atoms with Crippen molar-refractivity contribution in [3.05, 3.63) is 0 Å². The highest BCUT2D eigenvalue weighted by atomic mass is 32.2. The molecule has 0 amide bonds. The molecule has 4 unspecified atom stereocenters. The van der Waals surface area contributed by atoms with E-state index in [9.17, 15) is 0 Å². The van der Waals surface area contributed by atoms with Crippen LogP contribution in [-0.4, -0.2) is 23.6 Å². The van der Waals surface area contributed by atoms with E-state index in [1.165, 1.54) is 70.1 Å². The minimum absolute atomic E-state index is 0.801. The first-order valence-electron chi connectivity index (χ1n) is 8.71. The zero-order valence-corrected chi connectivity index (χ0v) is 13.8. The molecule has 0 aromatic rings. The van der Waals surface area contributed by atoms with Crippen molar-refractivity contribution in [1.82, 2.24) is 5.32 Å². The predicted molar refractivity (Wildman–Crippen MR) is 87.9 cm³/mol. The highest BCUT2D eigenvalue weighted by Gasteiger charge is 2.35. The Labute approximate surface area is 124 Å². The SMILES string of the molecule is CCCNC(C1CCCCS1)C1CCCCC1CC. The molecule has 1 aliphatic heterocycles. The van der Waals surface area contributed by atoms with Crippen molar-refractivity contribution in [2.45, 2.75) is 82.9 Å². The topological polar surface area (TPSA) is 12.0 Å². The van der Waals surface area contributed by atoms with Gasteiger partial charge in [0, 0.05) is 11.3 Å². The fourth-order valence-electron chi connectivity index (χ4n) is 4.13. The Kier molecular flexibility index (Phi) is 7.07. The minimum Gasteiger partial charge on any atom is -0.313 e. The van der Waals surface area contributed by atoms with Crippen molar-refractivity contribution in [3.63, 3.8) is 0 Å². The molecule has 19 heavy (non-hydrogen) atoms. The molecule has 0 bridgehead atoms. The third-order valence-electron chi connectivity index (χ3n) is 5.20. The lowest BCUT2D eigenvalue weighted by atomic mass is 9.72. The van der Waals surface area contributed by atoms with Crippen LogP contribution in [0.2, 0.25) is 0 Å². The van der Waals surface area contributed by atoms with Gasteiger partial charge in [-0.25, -0.2) is 0 Å². The number of rotatable bonds is 6. The Morgan fingerprint density at radius 3 is 2.53 bits per heavy atom. The summed E-state index contributed by atoms with van der Waals surface area (Å²) in [6.45, 7) is 5.93. The molecule has 1 N–H and O–H groups in total. The third-order valence-corrected chi connectivity index (χ3v) is 6.68. The van der Waals surface area contributed by atoms with Crippen LogP contribution in [0.25, 0.3) is 0 Å². The van der Waals surface area contributed by atoms with Crippen molar-refractivity contribution in [2.75, 3.05) is 12.3 Å². The Morgan fingerprint density at radius 2 is 1.84 bits per heavy atom. The summed E-state index contributed by atoms with van der Waals surface area (Å²) in [6.07, 6.45) is 13.0. The third kappa shape index (κ3) is 4.39. The Bertz CT molecular complexity index is 237. The molecule has 4 atom stereocenters. The molecule has 1 nitrogen and oxygen atoms in total. The highest BCUT2D eigenvalue weighted by Crippen LogP contribution is 2.40. The van der Waals surface area contributed by atoms with Gasteiger partial charge in [0.1, 0.15) is 0 Å². The quantitative estimate of drug-likeness (QED) is 0.747. The van der Waals surface area contributed by atoms with Gasteiger partial charge in [-0.05, 0) is 49.8 Å². The lowest BCUT2D eigenvalue weighted by Crippen LogP contribution is -2.48. The van der Waals surface area contributed by atoms with E-state index in [4.69, 9.17) is 0 Å². The summed E-state index contributed by atoms with van der Waals surface area (Å²) >= 11 is 2.27. The summed E-state index contributed by atoms with van der Waals surface area (Å²) in [5.41, 5.74) is 0. The standard InChI is InChI=1S/C17H33NS/c1-3-12-18-17(16-11-7-8-13-19-16)15-10-6-5-9-14(15)4-2/h14-18H,3-13H2,1-2H3. The molecule has 2 rings (SSSR count). The van der Waals surface area contributed by atoms with Crippen LogP contribution < -0.4 is 5.32 Å². The van der Waals surface area contributed by atoms with Crippen LogP contribution in [-0.2, 0) is 0 Å². The average Bonchev–Trinajstić information content (AvgIpc) is 2.49. The molecule has 1 heterocycles. The zero-order valence-electron chi connectivity index (χ0n) is 13.0. The van der Waals surface area contributed by atoms with Gasteiger partial charge in [0.2, 0.25) is 0 Å². The monoisotopic (exact) mass is 283 g/mol. The van der Waals surface area contributed by atoms with Crippen molar-refractivity contribution >= 4 is 11.8 Å². The van der Waals surface area contributed by atoms with Crippen LogP contribution >= 0.6 is 11.8 Å². The second kappa shape index (κ2) is 8.56. The van der Waals surface area contributed by atoms with E-state index in [0.29, 0.717) is 0 Å². The van der Waals surface area contributed by atoms with Gasteiger partial charge < -0.3 is 5.32 Å². The van der Waals surface area contributed by atoms with Crippen LogP contribution in [0.5, 0.6) is 0 Å². The first-order valence-corrected chi connectivity index (χ1v) is 9.76. The first kappa shape index (κ1) is 15.7. The molecule has 2 aliphatic rings. The van der Waals surface area contributed by atoms with Crippen LogP contribution in [0.4, 0.5) is 0 Å². The molecular weight excluding hydrogens is 250 g/mol. The Morgan fingerprint density at radius 1 is 1.05 bits per heavy atom. The van der Waals surface area contributed by atoms with Gasteiger partial charge in [-0.15, -0.1) is 0 Å². The maximum Gasteiger partial charge on any atom is 0.0217 e. The normalized spacial score (nSPS) is 34.1. The summed E-state index contributed by atoms with van der Waals surface area (Å²) in [6, 6.07) is 0.801. The van der Waals surface area contributed by atoms with Crippen LogP contribution in [0.1, 0.15) is 71.6 Å². The molecule has 0 aromatic heterocycles. The fourth-order valence-corrected chi connectivity index (χ4v) is 5.65. The van der Waals surface area contributed by atoms with E-state index in [-0.39, 0.29) is 0 Å². The van der Waals surface area contributed by atoms with Crippen molar-refractivity contribution in [2.24, 2.45) is 11.8 Å². The summed E-state index contributed by atoms with van der Waals surface area (Å²) in [4.78, 5) is 0. The van der Waals surface area contributed by atoms with Gasteiger partial charge >= 0.3 is 0 Å². The van der Waals surface area contributed by atoms with E-state index in [1.807, 2.05) is 0 Å². The molecule has 1 saturated carbocycles. The molecule has 0 radical (unpaired) electrons. The van der Waals surface area contributed by atoms with Crippen LogP contribution in [0, 0.1) is 11.8 Å². The molecule has 0 aromatic carbocycles. The lowest BCUT2D eigenvalue weighted by molar-refractivity contribution is 0.169. The molecule has 2 fully saturated rings. The fraction of sp³-hybridized carbons (Fsp3) is 1.00. The molecular formula is C17H33NS. The van der Waals surface area contributed by atoms with Gasteiger partial charge in [-0.1, -0.05) is 46.0 Å². The number of hydrogen-bond donors (Lipinski definition) is 1. The summed E-state index contributed by atoms with van der Waals surface area (Å²) in [5.74, 6) is 3.35. The summed E-state index contributed by atoms with van der Waals surface area (Å²) in [5, 5.41) is 4.85. The molecule has 1 aliphatic carbocycles. The van der Waals surface area contributed by atoms with E-state index in [2.05, 4.69) is 30.9 Å². The molecule has 1 saturated heterocycles. The maximum absolute atomic E-state index is 3.95.